The maximum absolute atomic E-state index is 12.6. The van der Waals surface area contributed by atoms with Crippen molar-refractivity contribution in [2.75, 3.05) is 32.6 Å². The van der Waals surface area contributed by atoms with Crippen LogP contribution in [0, 0.1) is 0 Å². The number of ether oxygens (including phenoxy) is 2. The molecule has 1 unspecified atom stereocenters. The predicted molar refractivity (Wildman–Crippen MR) is 108 cm³/mol. The van der Waals surface area contributed by atoms with E-state index in [1.165, 1.54) is 6.42 Å². The molecule has 27 heavy (non-hydrogen) atoms. The molecular weight excluding hydrogens is 340 g/mol. The minimum absolute atomic E-state index is 0.144. The number of nitrogens with zero attached hydrogens (tertiary/aromatic N) is 1. The molecule has 1 aliphatic heterocycles. The lowest BCUT2D eigenvalue weighted by atomic mass is 10.0. The third-order valence-corrected chi connectivity index (χ3v) is 4.96. The van der Waals surface area contributed by atoms with Crippen LogP contribution in [0.2, 0.25) is 0 Å². The zero-order valence-electron chi connectivity index (χ0n) is 16.1. The van der Waals surface area contributed by atoms with E-state index in [4.69, 9.17) is 9.47 Å². The minimum Gasteiger partial charge on any atom is -0.495 e. The first-order chi connectivity index (χ1) is 13.2. The number of benzene rings is 2. The van der Waals surface area contributed by atoms with Crippen LogP contribution in [0.25, 0.3) is 11.1 Å². The van der Waals surface area contributed by atoms with Crippen molar-refractivity contribution in [1.29, 1.82) is 0 Å². The maximum Gasteiger partial charge on any atom is 0.321 e. The summed E-state index contributed by atoms with van der Waals surface area (Å²) < 4.78 is 11.2. The molecule has 1 N–H and O–H groups in total. The van der Waals surface area contributed by atoms with E-state index in [-0.39, 0.29) is 12.1 Å². The van der Waals surface area contributed by atoms with Crippen LogP contribution >= 0.6 is 0 Å². The van der Waals surface area contributed by atoms with E-state index in [0.717, 1.165) is 37.0 Å². The molecule has 0 aromatic heterocycles. The Bertz CT molecular complexity index is 742. The molecule has 0 saturated carbocycles. The Morgan fingerprint density at radius 1 is 1.19 bits per heavy atom. The van der Waals surface area contributed by atoms with E-state index in [1.807, 2.05) is 55.6 Å². The van der Waals surface area contributed by atoms with Crippen LogP contribution in [0.1, 0.15) is 25.7 Å². The number of hydrogen-bond donors (Lipinski definition) is 1. The van der Waals surface area contributed by atoms with Crippen molar-refractivity contribution in [3.63, 3.8) is 0 Å². The highest BCUT2D eigenvalue weighted by atomic mass is 16.5. The summed E-state index contributed by atoms with van der Waals surface area (Å²) in [6, 6.07) is 15.8. The monoisotopic (exact) mass is 368 g/mol. The van der Waals surface area contributed by atoms with Crippen LogP contribution in [-0.4, -0.2) is 44.3 Å². The standard InChI is InChI=1S/C22H28N2O3/c1-24(14-13-19-10-6-7-15-27-19)22(25)23-20-16-18(11-12-21(20)26-2)17-8-4-3-5-9-17/h3-5,8-9,11-12,16,19H,6-7,10,13-15H2,1-2H3,(H,23,25). The summed E-state index contributed by atoms with van der Waals surface area (Å²) in [7, 11) is 3.42. The van der Waals surface area contributed by atoms with Gasteiger partial charge in [-0.25, -0.2) is 4.79 Å². The van der Waals surface area contributed by atoms with Crippen molar-refractivity contribution in [1.82, 2.24) is 4.90 Å². The Kier molecular flexibility index (Phi) is 6.71. The Morgan fingerprint density at radius 3 is 2.70 bits per heavy atom. The molecule has 2 aromatic rings. The van der Waals surface area contributed by atoms with E-state index in [1.54, 1.807) is 12.0 Å². The Labute approximate surface area is 161 Å². The van der Waals surface area contributed by atoms with Crippen molar-refractivity contribution in [3.8, 4) is 16.9 Å². The molecule has 2 amide bonds. The first-order valence-electron chi connectivity index (χ1n) is 9.54. The smallest absolute Gasteiger partial charge is 0.321 e. The van der Waals surface area contributed by atoms with E-state index in [9.17, 15) is 4.79 Å². The number of carbonyl (C=O) groups excluding carboxylic acids is 1. The van der Waals surface area contributed by atoms with Crippen LogP contribution in [0.3, 0.4) is 0 Å². The molecule has 1 heterocycles. The lowest BCUT2D eigenvalue weighted by Crippen LogP contribution is -2.34. The molecule has 1 atom stereocenters. The van der Waals surface area contributed by atoms with Gasteiger partial charge in [0.2, 0.25) is 0 Å². The van der Waals surface area contributed by atoms with Gasteiger partial charge in [0.15, 0.2) is 0 Å². The largest absolute Gasteiger partial charge is 0.495 e. The average molecular weight is 368 g/mol. The SMILES string of the molecule is COc1ccc(-c2ccccc2)cc1NC(=O)N(C)CCC1CCCCO1. The highest BCUT2D eigenvalue weighted by molar-refractivity contribution is 5.92. The molecule has 3 rings (SSSR count). The Balaban J connectivity index is 1.65. The second-order valence-electron chi connectivity index (χ2n) is 6.91. The summed E-state index contributed by atoms with van der Waals surface area (Å²) in [6.07, 6.45) is 4.58. The van der Waals surface area contributed by atoms with E-state index < -0.39 is 0 Å². The highest BCUT2D eigenvalue weighted by Crippen LogP contribution is 2.30. The van der Waals surface area contributed by atoms with E-state index in [2.05, 4.69) is 5.32 Å². The van der Waals surface area contributed by atoms with Crippen molar-refractivity contribution in [2.45, 2.75) is 31.8 Å². The van der Waals surface area contributed by atoms with Gasteiger partial charge in [-0.05, 0) is 48.9 Å². The van der Waals surface area contributed by atoms with E-state index >= 15 is 0 Å². The van der Waals surface area contributed by atoms with Gasteiger partial charge in [0.05, 0.1) is 18.9 Å². The maximum atomic E-state index is 12.6. The Morgan fingerprint density at radius 2 is 2.00 bits per heavy atom. The van der Waals surface area contributed by atoms with Crippen molar-refractivity contribution in [2.24, 2.45) is 0 Å². The fraction of sp³-hybridized carbons (Fsp3) is 0.409. The first-order valence-corrected chi connectivity index (χ1v) is 9.54. The number of amides is 2. The van der Waals surface area contributed by atoms with Gasteiger partial charge in [-0.3, -0.25) is 0 Å². The molecule has 5 heteroatoms. The quantitative estimate of drug-likeness (QED) is 0.798. The average Bonchev–Trinajstić information content (AvgIpc) is 2.73. The number of hydrogen-bond acceptors (Lipinski definition) is 3. The second-order valence-corrected chi connectivity index (χ2v) is 6.91. The van der Waals surface area contributed by atoms with Crippen molar-refractivity contribution in [3.05, 3.63) is 48.5 Å². The number of anilines is 1. The predicted octanol–water partition coefficient (Wildman–Crippen LogP) is 4.79. The van der Waals surface area contributed by atoms with Gasteiger partial charge in [0, 0.05) is 20.2 Å². The lowest BCUT2D eigenvalue weighted by molar-refractivity contribution is 0.00848. The normalized spacial score (nSPS) is 16.6. The zero-order chi connectivity index (χ0) is 19.1. The molecule has 0 radical (unpaired) electrons. The molecule has 144 valence electrons. The summed E-state index contributed by atoms with van der Waals surface area (Å²) in [4.78, 5) is 14.3. The highest BCUT2D eigenvalue weighted by Gasteiger charge is 2.17. The summed E-state index contributed by atoms with van der Waals surface area (Å²) in [5, 5.41) is 2.98. The molecule has 1 saturated heterocycles. The number of nitrogens with one attached hydrogen (secondary N) is 1. The molecular formula is C22H28N2O3. The fourth-order valence-electron chi connectivity index (χ4n) is 3.30. The molecule has 2 aromatic carbocycles. The molecule has 5 nitrogen and oxygen atoms in total. The van der Waals surface area contributed by atoms with Gasteiger partial charge in [-0.1, -0.05) is 36.4 Å². The molecule has 0 bridgehead atoms. The fourth-order valence-corrected chi connectivity index (χ4v) is 3.30. The second kappa shape index (κ2) is 9.42. The van der Waals surface area contributed by atoms with Crippen molar-refractivity contribution >= 4 is 11.7 Å². The van der Waals surface area contributed by atoms with Gasteiger partial charge >= 0.3 is 6.03 Å². The zero-order valence-corrected chi connectivity index (χ0v) is 16.1. The number of rotatable bonds is 6. The summed E-state index contributed by atoms with van der Waals surface area (Å²) in [6.45, 7) is 1.50. The lowest BCUT2D eigenvalue weighted by Gasteiger charge is -2.25. The van der Waals surface area contributed by atoms with Gasteiger partial charge in [0.1, 0.15) is 5.75 Å². The summed E-state index contributed by atoms with van der Waals surface area (Å²) in [5.74, 6) is 0.645. The number of urea groups is 1. The van der Waals surface area contributed by atoms with Crippen LogP contribution in [-0.2, 0) is 4.74 Å². The van der Waals surface area contributed by atoms with Gasteiger partial charge in [-0.2, -0.15) is 0 Å². The van der Waals surface area contributed by atoms with E-state index in [0.29, 0.717) is 18.0 Å². The number of methoxy groups -OCH3 is 1. The summed E-state index contributed by atoms with van der Waals surface area (Å²) >= 11 is 0. The molecule has 1 fully saturated rings. The third-order valence-electron chi connectivity index (χ3n) is 4.96. The molecule has 0 spiro atoms. The van der Waals surface area contributed by atoms with Crippen LogP contribution in [0.4, 0.5) is 10.5 Å². The molecule has 1 aliphatic rings. The Hall–Kier alpha value is -2.53. The van der Waals surface area contributed by atoms with Gasteiger partial charge < -0.3 is 19.7 Å². The topological polar surface area (TPSA) is 50.8 Å². The van der Waals surface area contributed by atoms with Gasteiger partial charge in [0.25, 0.3) is 0 Å². The van der Waals surface area contributed by atoms with Crippen LogP contribution in [0.5, 0.6) is 5.75 Å². The minimum atomic E-state index is -0.144. The molecule has 0 aliphatic carbocycles. The first kappa shape index (κ1) is 19.2. The van der Waals surface area contributed by atoms with Crippen LogP contribution in [0.15, 0.2) is 48.5 Å². The van der Waals surface area contributed by atoms with Gasteiger partial charge in [-0.15, -0.1) is 0 Å². The number of carbonyl (C=O) groups is 1. The summed E-state index contributed by atoms with van der Waals surface area (Å²) in [5.41, 5.74) is 2.80. The third kappa shape index (κ3) is 5.23. The van der Waals surface area contributed by atoms with Crippen LogP contribution < -0.4 is 10.1 Å². The van der Waals surface area contributed by atoms with Crippen molar-refractivity contribution < 1.29 is 14.3 Å².